The van der Waals surface area contributed by atoms with E-state index >= 15 is 0 Å². The number of thiocarbonyl (C=S) groups is 1. The smallest absolute Gasteiger partial charge is 0.266 e. The van der Waals surface area contributed by atoms with Crippen LogP contribution < -0.4 is 0 Å². The summed E-state index contributed by atoms with van der Waals surface area (Å²) < 4.78 is 6.38. The van der Waals surface area contributed by atoms with Gasteiger partial charge in [-0.3, -0.25) is 9.69 Å². The lowest BCUT2D eigenvalue weighted by molar-refractivity contribution is -0.122. The van der Waals surface area contributed by atoms with E-state index in [0.29, 0.717) is 37.3 Å². The number of thioether (sulfide) groups is 1. The van der Waals surface area contributed by atoms with Crippen LogP contribution in [0.1, 0.15) is 19.1 Å². The second kappa shape index (κ2) is 7.31. The molecule has 0 saturated carbocycles. The van der Waals surface area contributed by atoms with Crippen molar-refractivity contribution in [1.82, 2.24) is 4.90 Å². The van der Waals surface area contributed by atoms with E-state index < -0.39 is 0 Å². The maximum Gasteiger partial charge on any atom is 0.266 e. The zero-order valence-electron chi connectivity index (χ0n) is 12.7. The van der Waals surface area contributed by atoms with E-state index in [0.717, 1.165) is 12.0 Å². The van der Waals surface area contributed by atoms with E-state index in [1.54, 1.807) is 35.2 Å². The molecule has 0 aliphatic carbocycles. The van der Waals surface area contributed by atoms with Crippen molar-refractivity contribution in [3.05, 3.63) is 51.0 Å². The molecule has 1 amide bonds. The van der Waals surface area contributed by atoms with Crippen molar-refractivity contribution in [2.45, 2.75) is 13.3 Å². The molecule has 124 valence electrons. The fraction of sp³-hybridized carbons (Fsp3) is 0.176. The number of carbonyl (C=O) groups excluding carboxylic acids is 1. The topological polar surface area (TPSA) is 33.5 Å². The van der Waals surface area contributed by atoms with Crippen LogP contribution in [0.15, 0.2) is 39.7 Å². The molecule has 1 saturated heterocycles. The molecule has 3 nitrogen and oxygen atoms in total. The summed E-state index contributed by atoms with van der Waals surface area (Å²) >= 11 is 18.7. The van der Waals surface area contributed by atoms with Gasteiger partial charge in [-0.1, -0.05) is 54.1 Å². The molecule has 0 atom stereocenters. The molecule has 2 heterocycles. The second-order valence-electron chi connectivity index (χ2n) is 5.16. The highest BCUT2D eigenvalue weighted by atomic mass is 35.5. The minimum Gasteiger partial charge on any atom is -0.457 e. The Morgan fingerprint density at radius 2 is 2.08 bits per heavy atom. The molecule has 1 aliphatic heterocycles. The molecule has 0 radical (unpaired) electrons. The van der Waals surface area contributed by atoms with Gasteiger partial charge in [0.25, 0.3) is 5.91 Å². The molecule has 0 N–H and O–H groups in total. The molecule has 3 rings (SSSR count). The average Bonchev–Trinajstić information content (AvgIpc) is 3.08. The van der Waals surface area contributed by atoms with Gasteiger partial charge in [-0.25, -0.2) is 0 Å². The summed E-state index contributed by atoms with van der Waals surface area (Å²) in [5, 5.41) is 1.08. The third-order valence-corrected chi connectivity index (χ3v) is 5.34. The molecule has 1 aromatic heterocycles. The first-order valence-corrected chi connectivity index (χ1v) is 9.28. The van der Waals surface area contributed by atoms with Gasteiger partial charge in [-0.2, -0.15) is 0 Å². The second-order valence-corrected chi connectivity index (χ2v) is 7.68. The zero-order chi connectivity index (χ0) is 17.3. The molecular weight excluding hydrogens is 385 g/mol. The first-order chi connectivity index (χ1) is 11.5. The fourth-order valence-corrected chi connectivity index (χ4v) is 4.10. The van der Waals surface area contributed by atoms with E-state index in [1.807, 2.05) is 13.0 Å². The Kier molecular flexibility index (Phi) is 5.35. The number of hydrogen-bond donors (Lipinski definition) is 0. The van der Waals surface area contributed by atoms with E-state index in [1.165, 1.54) is 11.8 Å². The maximum atomic E-state index is 12.4. The monoisotopic (exact) mass is 397 g/mol. The first-order valence-electron chi connectivity index (χ1n) is 7.30. The van der Waals surface area contributed by atoms with Gasteiger partial charge in [0.05, 0.1) is 9.93 Å². The Morgan fingerprint density at radius 1 is 1.29 bits per heavy atom. The normalized spacial score (nSPS) is 16.5. The summed E-state index contributed by atoms with van der Waals surface area (Å²) in [7, 11) is 0. The quantitative estimate of drug-likeness (QED) is 0.477. The van der Waals surface area contributed by atoms with Gasteiger partial charge in [0, 0.05) is 23.2 Å². The van der Waals surface area contributed by atoms with Crippen molar-refractivity contribution in [3.8, 4) is 11.3 Å². The van der Waals surface area contributed by atoms with Crippen LogP contribution in [0.3, 0.4) is 0 Å². The molecule has 1 fully saturated rings. The number of nitrogens with zero attached hydrogens (tertiary/aromatic N) is 1. The summed E-state index contributed by atoms with van der Waals surface area (Å²) in [6.07, 6.45) is 2.57. The van der Waals surface area contributed by atoms with Crippen LogP contribution in [0, 0.1) is 0 Å². The van der Waals surface area contributed by atoms with Crippen molar-refractivity contribution in [2.75, 3.05) is 6.54 Å². The SMILES string of the molecule is CCCN1C(=O)/C(=C/c2ccc(-c3ccc(Cl)cc3Cl)o2)SC1=S. The molecule has 24 heavy (non-hydrogen) atoms. The summed E-state index contributed by atoms with van der Waals surface area (Å²) in [6, 6.07) is 8.83. The third-order valence-electron chi connectivity index (χ3n) is 3.42. The highest BCUT2D eigenvalue weighted by Gasteiger charge is 2.31. The van der Waals surface area contributed by atoms with Crippen molar-refractivity contribution in [3.63, 3.8) is 0 Å². The van der Waals surface area contributed by atoms with Crippen molar-refractivity contribution in [1.29, 1.82) is 0 Å². The van der Waals surface area contributed by atoms with Crippen LogP contribution in [0.25, 0.3) is 17.4 Å². The number of rotatable bonds is 4. The van der Waals surface area contributed by atoms with Gasteiger partial charge in [-0.15, -0.1) is 0 Å². The Hall–Kier alpha value is -1.27. The van der Waals surface area contributed by atoms with Crippen LogP contribution in [0.2, 0.25) is 10.0 Å². The van der Waals surface area contributed by atoms with E-state index in [4.69, 9.17) is 39.8 Å². The Bertz CT molecular complexity index is 845. The van der Waals surface area contributed by atoms with Gasteiger partial charge in [0.1, 0.15) is 15.8 Å². The number of amides is 1. The van der Waals surface area contributed by atoms with Gasteiger partial charge in [0.15, 0.2) is 0 Å². The van der Waals surface area contributed by atoms with Crippen molar-refractivity contribution >= 4 is 63.5 Å². The van der Waals surface area contributed by atoms with E-state index in [9.17, 15) is 4.79 Å². The van der Waals surface area contributed by atoms with Gasteiger partial charge in [-0.05, 0) is 36.8 Å². The molecule has 0 spiro atoms. The van der Waals surface area contributed by atoms with E-state index in [-0.39, 0.29) is 5.91 Å². The third kappa shape index (κ3) is 3.54. The molecule has 2 aromatic rings. The zero-order valence-corrected chi connectivity index (χ0v) is 15.9. The number of carbonyl (C=O) groups is 1. The summed E-state index contributed by atoms with van der Waals surface area (Å²) in [6.45, 7) is 2.64. The van der Waals surface area contributed by atoms with E-state index in [2.05, 4.69) is 0 Å². The molecule has 0 unspecified atom stereocenters. The molecular formula is C17H13Cl2NO2S2. The molecule has 1 aliphatic rings. The lowest BCUT2D eigenvalue weighted by Gasteiger charge is -2.11. The number of benzene rings is 1. The predicted molar refractivity (Wildman–Crippen MR) is 104 cm³/mol. The minimum atomic E-state index is -0.0747. The summed E-state index contributed by atoms with van der Waals surface area (Å²) in [5.74, 6) is 1.12. The molecule has 1 aromatic carbocycles. The predicted octanol–water partition coefficient (Wildman–Crippen LogP) is 5.86. The number of hydrogen-bond acceptors (Lipinski definition) is 4. The Morgan fingerprint density at radius 3 is 2.79 bits per heavy atom. The fourth-order valence-electron chi connectivity index (χ4n) is 2.31. The van der Waals surface area contributed by atoms with Gasteiger partial charge >= 0.3 is 0 Å². The molecule has 0 bridgehead atoms. The highest BCUT2D eigenvalue weighted by molar-refractivity contribution is 8.26. The Balaban J connectivity index is 1.86. The Labute approximate surface area is 159 Å². The standard InChI is InChI=1S/C17H13Cl2NO2S2/c1-2-7-20-16(21)15(24-17(20)23)9-11-4-6-14(22-11)12-5-3-10(18)8-13(12)19/h3-6,8-9H,2,7H2,1H3/b15-9-. The van der Waals surface area contributed by atoms with Crippen molar-refractivity contribution < 1.29 is 9.21 Å². The molecule has 7 heteroatoms. The van der Waals surface area contributed by atoms with Crippen LogP contribution in [-0.2, 0) is 4.79 Å². The van der Waals surface area contributed by atoms with Gasteiger partial charge in [0.2, 0.25) is 0 Å². The highest BCUT2D eigenvalue weighted by Crippen LogP contribution is 2.35. The maximum absolute atomic E-state index is 12.4. The lowest BCUT2D eigenvalue weighted by Crippen LogP contribution is -2.28. The van der Waals surface area contributed by atoms with Crippen LogP contribution in [0.5, 0.6) is 0 Å². The summed E-state index contributed by atoms with van der Waals surface area (Å²) in [5.41, 5.74) is 0.749. The summed E-state index contributed by atoms with van der Waals surface area (Å²) in [4.78, 5) is 14.5. The van der Waals surface area contributed by atoms with Crippen molar-refractivity contribution in [2.24, 2.45) is 0 Å². The lowest BCUT2D eigenvalue weighted by atomic mass is 10.2. The average molecular weight is 398 g/mol. The van der Waals surface area contributed by atoms with Crippen LogP contribution in [-0.4, -0.2) is 21.7 Å². The van der Waals surface area contributed by atoms with Crippen LogP contribution >= 0.6 is 47.2 Å². The van der Waals surface area contributed by atoms with Crippen LogP contribution in [0.4, 0.5) is 0 Å². The largest absolute Gasteiger partial charge is 0.457 e. The number of furan rings is 1. The first kappa shape index (κ1) is 17.5. The van der Waals surface area contributed by atoms with Gasteiger partial charge < -0.3 is 4.42 Å². The number of halogens is 2. The minimum absolute atomic E-state index is 0.0747.